The molecular formula is C14H17BrN2O3. The summed E-state index contributed by atoms with van der Waals surface area (Å²) in [4.78, 5) is 24.3. The smallest absolute Gasteiger partial charge is 0.317 e. The van der Waals surface area contributed by atoms with Crippen LogP contribution in [0.5, 0.6) is 0 Å². The van der Waals surface area contributed by atoms with Crippen molar-refractivity contribution in [3.05, 3.63) is 34.3 Å². The van der Waals surface area contributed by atoms with Crippen molar-refractivity contribution in [2.24, 2.45) is 5.92 Å². The van der Waals surface area contributed by atoms with Crippen LogP contribution in [0.1, 0.15) is 18.4 Å². The molecule has 0 saturated carbocycles. The number of carboxylic acids is 1. The molecule has 1 atom stereocenters. The van der Waals surface area contributed by atoms with Crippen LogP contribution in [0.2, 0.25) is 0 Å². The van der Waals surface area contributed by atoms with Gasteiger partial charge < -0.3 is 15.3 Å². The van der Waals surface area contributed by atoms with Crippen molar-refractivity contribution in [1.29, 1.82) is 0 Å². The molecule has 1 aliphatic heterocycles. The Hall–Kier alpha value is -1.56. The average molecular weight is 341 g/mol. The fourth-order valence-corrected chi connectivity index (χ4v) is 2.81. The summed E-state index contributed by atoms with van der Waals surface area (Å²) in [6.07, 6.45) is 0.895. The van der Waals surface area contributed by atoms with E-state index in [1.807, 2.05) is 24.3 Å². The molecule has 20 heavy (non-hydrogen) atoms. The maximum absolute atomic E-state index is 12.0. The Labute approximate surface area is 126 Å². The Morgan fingerprint density at radius 3 is 2.95 bits per heavy atom. The standard InChI is InChI=1S/C14H17BrN2O3/c15-12-3-1-2-10(6-12)8-16-14(20)17-5-4-11(9-17)7-13(18)19/h1-3,6,11H,4-5,7-9H2,(H,16,20)(H,18,19). The molecule has 1 aliphatic rings. The second-order valence-corrected chi connectivity index (χ2v) is 5.90. The van der Waals surface area contributed by atoms with Crippen molar-refractivity contribution < 1.29 is 14.7 Å². The number of benzene rings is 1. The molecule has 0 aliphatic carbocycles. The molecule has 1 unspecified atom stereocenters. The molecule has 2 amide bonds. The number of amides is 2. The van der Waals surface area contributed by atoms with E-state index in [4.69, 9.17) is 5.11 Å². The molecule has 0 aromatic heterocycles. The van der Waals surface area contributed by atoms with Crippen molar-refractivity contribution >= 4 is 27.9 Å². The fraction of sp³-hybridized carbons (Fsp3) is 0.429. The van der Waals surface area contributed by atoms with E-state index in [1.165, 1.54) is 0 Å². The molecule has 5 nitrogen and oxygen atoms in total. The summed E-state index contributed by atoms with van der Waals surface area (Å²) in [5, 5.41) is 11.6. The molecule has 2 rings (SSSR count). The zero-order valence-corrected chi connectivity index (χ0v) is 12.6. The van der Waals surface area contributed by atoms with Gasteiger partial charge in [-0.1, -0.05) is 28.1 Å². The maximum Gasteiger partial charge on any atom is 0.317 e. The highest BCUT2D eigenvalue weighted by molar-refractivity contribution is 9.10. The molecule has 1 saturated heterocycles. The van der Waals surface area contributed by atoms with Crippen LogP contribution in [0.3, 0.4) is 0 Å². The third-order valence-corrected chi connectivity index (χ3v) is 3.86. The Morgan fingerprint density at radius 2 is 2.25 bits per heavy atom. The number of hydrogen-bond donors (Lipinski definition) is 2. The highest BCUT2D eigenvalue weighted by Gasteiger charge is 2.27. The van der Waals surface area contributed by atoms with Gasteiger partial charge in [-0.3, -0.25) is 4.79 Å². The first-order chi connectivity index (χ1) is 9.54. The average Bonchev–Trinajstić information content (AvgIpc) is 2.84. The molecule has 2 N–H and O–H groups in total. The number of nitrogens with one attached hydrogen (secondary N) is 1. The number of carbonyl (C=O) groups is 2. The van der Waals surface area contributed by atoms with E-state index >= 15 is 0 Å². The van der Waals surface area contributed by atoms with Crippen LogP contribution in [0, 0.1) is 5.92 Å². The van der Waals surface area contributed by atoms with Crippen LogP contribution < -0.4 is 5.32 Å². The van der Waals surface area contributed by atoms with Gasteiger partial charge in [0.05, 0.1) is 0 Å². The van der Waals surface area contributed by atoms with Gasteiger partial charge in [-0.15, -0.1) is 0 Å². The van der Waals surface area contributed by atoms with E-state index < -0.39 is 5.97 Å². The lowest BCUT2D eigenvalue weighted by molar-refractivity contribution is -0.138. The molecule has 108 valence electrons. The Balaban J connectivity index is 1.80. The number of rotatable bonds is 4. The molecule has 0 spiro atoms. The lowest BCUT2D eigenvalue weighted by Crippen LogP contribution is -2.38. The van der Waals surface area contributed by atoms with Gasteiger partial charge in [-0.2, -0.15) is 0 Å². The van der Waals surface area contributed by atoms with Crippen molar-refractivity contribution in [3.63, 3.8) is 0 Å². The first-order valence-corrected chi connectivity index (χ1v) is 7.33. The van der Waals surface area contributed by atoms with Crippen molar-refractivity contribution in [1.82, 2.24) is 10.2 Å². The lowest BCUT2D eigenvalue weighted by Gasteiger charge is -2.17. The zero-order valence-electron chi connectivity index (χ0n) is 11.0. The van der Waals surface area contributed by atoms with Gasteiger partial charge in [-0.25, -0.2) is 4.79 Å². The van der Waals surface area contributed by atoms with Crippen LogP contribution >= 0.6 is 15.9 Å². The quantitative estimate of drug-likeness (QED) is 0.884. The van der Waals surface area contributed by atoms with Crippen molar-refractivity contribution in [3.8, 4) is 0 Å². The molecule has 1 heterocycles. The number of urea groups is 1. The maximum atomic E-state index is 12.0. The topological polar surface area (TPSA) is 69.6 Å². The van der Waals surface area contributed by atoms with E-state index in [0.717, 1.165) is 16.5 Å². The van der Waals surface area contributed by atoms with Gasteiger partial charge in [0.1, 0.15) is 0 Å². The monoisotopic (exact) mass is 340 g/mol. The van der Waals surface area contributed by atoms with Crippen LogP contribution in [-0.2, 0) is 11.3 Å². The third-order valence-electron chi connectivity index (χ3n) is 3.37. The summed E-state index contributed by atoms with van der Waals surface area (Å²) in [6.45, 7) is 1.62. The first-order valence-electron chi connectivity index (χ1n) is 6.53. The van der Waals surface area contributed by atoms with E-state index in [9.17, 15) is 9.59 Å². The highest BCUT2D eigenvalue weighted by Crippen LogP contribution is 2.19. The molecule has 1 fully saturated rings. The number of carboxylic acid groups (broad SMARTS) is 1. The summed E-state index contributed by atoms with van der Waals surface area (Å²) in [6, 6.07) is 7.63. The molecule has 0 radical (unpaired) electrons. The van der Waals surface area contributed by atoms with Gasteiger partial charge in [0.25, 0.3) is 0 Å². The number of nitrogens with zero attached hydrogens (tertiary/aromatic N) is 1. The zero-order chi connectivity index (χ0) is 14.5. The Bertz CT molecular complexity index is 507. The third kappa shape index (κ3) is 4.23. The van der Waals surface area contributed by atoms with Crippen LogP contribution in [0.15, 0.2) is 28.7 Å². The highest BCUT2D eigenvalue weighted by atomic mass is 79.9. The van der Waals surface area contributed by atoms with E-state index in [2.05, 4.69) is 21.2 Å². The predicted molar refractivity (Wildman–Crippen MR) is 78.3 cm³/mol. The lowest BCUT2D eigenvalue weighted by atomic mass is 10.1. The Morgan fingerprint density at radius 1 is 1.45 bits per heavy atom. The van der Waals surface area contributed by atoms with E-state index in [-0.39, 0.29) is 18.4 Å². The van der Waals surface area contributed by atoms with Crippen molar-refractivity contribution in [2.75, 3.05) is 13.1 Å². The molecule has 0 bridgehead atoms. The molecule has 1 aromatic rings. The van der Waals surface area contributed by atoms with Crippen LogP contribution in [0.4, 0.5) is 4.79 Å². The summed E-state index contributed by atoms with van der Waals surface area (Å²) < 4.78 is 0.979. The SMILES string of the molecule is O=C(O)CC1CCN(C(=O)NCc2cccc(Br)c2)C1. The van der Waals surface area contributed by atoms with Crippen LogP contribution in [0.25, 0.3) is 0 Å². The number of halogens is 1. The van der Waals surface area contributed by atoms with Gasteiger partial charge in [0.15, 0.2) is 0 Å². The summed E-state index contributed by atoms with van der Waals surface area (Å²) in [7, 11) is 0. The molecular weight excluding hydrogens is 324 g/mol. The fourth-order valence-electron chi connectivity index (χ4n) is 2.37. The minimum atomic E-state index is -0.800. The van der Waals surface area contributed by atoms with Gasteiger partial charge in [0.2, 0.25) is 0 Å². The van der Waals surface area contributed by atoms with Gasteiger partial charge in [-0.05, 0) is 30.0 Å². The summed E-state index contributed by atoms with van der Waals surface area (Å²) in [5.41, 5.74) is 1.02. The number of hydrogen-bond acceptors (Lipinski definition) is 2. The molecule has 1 aromatic carbocycles. The largest absolute Gasteiger partial charge is 0.481 e. The minimum Gasteiger partial charge on any atom is -0.481 e. The van der Waals surface area contributed by atoms with Gasteiger partial charge in [0, 0.05) is 30.5 Å². The van der Waals surface area contributed by atoms with Crippen LogP contribution in [-0.4, -0.2) is 35.1 Å². The Kier molecular flexibility index (Phi) is 5.00. The predicted octanol–water partition coefficient (Wildman–Crippen LogP) is 2.46. The number of carbonyl (C=O) groups excluding carboxylic acids is 1. The second-order valence-electron chi connectivity index (χ2n) is 4.99. The second kappa shape index (κ2) is 6.74. The first kappa shape index (κ1) is 14.8. The van der Waals surface area contributed by atoms with Crippen molar-refractivity contribution in [2.45, 2.75) is 19.4 Å². The number of likely N-dealkylation sites (tertiary alicyclic amines) is 1. The van der Waals surface area contributed by atoms with Gasteiger partial charge >= 0.3 is 12.0 Å². The summed E-state index contributed by atoms with van der Waals surface area (Å²) >= 11 is 3.39. The molecule has 6 heteroatoms. The minimum absolute atomic E-state index is 0.0733. The number of aliphatic carboxylic acids is 1. The summed E-state index contributed by atoms with van der Waals surface area (Å²) in [5.74, 6) is -0.726. The normalized spacial score (nSPS) is 18.1. The van der Waals surface area contributed by atoms with E-state index in [1.54, 1.807) is 4.90 Å². The van der Waals surface area contributed by atoms with E-state index in [0.29, 0.717) is 19.6 Å².